The Hall–Kier alpha value is -3.03. The van der Waals surface area contributed by atoms with Gasteiger partial charge in [-0.05, 0) is 56.9 Å². The number of aryl methyl sites for hydroxylation is 1. The first-order valence-electron chi connectivity index (χ1n) is 10.4. The van der Waals surface area contributed by atoms with Gasteiger partial charge in [-0.3, -0.25) is 9.20 Å². The van der Waals surface area contributed by atoms with Crippen LogP contribution in [0.3, 0.4) is 0 Å². The number of carbonyl (C=O) groups is 1. The van der Waals surface area contributed by atoms with Crippen LogP contribution in [-0.2, 0) is 6.18 Å². The van der Waals surface area contributed by atoms with Gasteiger partial charge < -0.3 is 10.2 Å². The Bertz CT molecular complexity index is 1080. The Morgan fingerprint density at radius 3 is 2.52 bits per heavy atom. The van der Waals surface area contributed by atoms with Crippen LogP contribution in [0.1, 0.15) is 47.3 Å². The van der Waals surface area contributed by atoms with Crippen LogP contribution in [0, 0.1) is 6.92 Å². The highest BCUT2D eigenvalue weighted by molar-refractivity contribution is 5.94. The zero-order valence-corrected chi connectivity index (χ0v) is 17.5. The molecule has 0 saturated heterocycles. The number of anilines is 1. The van der Waals surface area contributed by atoms with Crippen LogP contribution in [0.2, 0.25) is 0 Å². The van der Waals surface area contributed by atoms with E-state index in [-0.39, 0.29) is 23.6 Å². The van der Waals surface area contributed by atoms with Gasteiger partial charge in [0.05, 0.1) is 0 Å². The number of carbonyl (C=O) groups excluding carboxylic acids is 1. The van der Waals surface area contributed by atoms with Crippen molar-refractivity contribution in [2.45, 2.75) is 50.9 Å². The standard InChI is InChI=1S/C23H25F3N4O/c1-15-5-3-6-16(13-15)22(31)27-17-9-11-18(12-10-17)29(2)21-8-4-7-20-28-19(14-30(20)21)23(24,25)26/h3-8,13-14,17-18H,9-12H2,1-2H3,(H,27,31)/t17-,18+. The van der Waals surface area contributed by atoms with E-state index in [1.807, 2.05) is 43.1 Å². The zero-order chi connectivity index (χ0) is 22.2. The highest BCUT2D eigenvalue weighted by atomic mass is 19.4. The summed E-state index contributed by atoms with van der Waals surface area (Å²) in [7, 11) is 1.90. The van der Waals surface area contributed by atoms with E-state index >= 15 is 0 Å². The normalized spacial score (nSPS) is 19.4. The van der Waals surface area contributed by atoms with E-state index in [1.165, 1.54) is 4.40 Å². The number of halogens is 3. The molecule has 0 bridgehead atoms. The van der Waals surface area contributed by atoms with Crippen molar-refractivity contribution < 1.29 is 18.0 Å². The van der Waals surface area contributed by atoms with Crippen LogP contribution in [0.25, 0.3) is 5.65 Å². The van der Waals surface area contributed by atoms with Crippen LogP contribution in [0.15, 0.2) is 48.7 Å². The van der Waals surface area contributed by atoms with Crippen molar-refractivity contribution in [3.8, 4) is 0 Å². The Morgan fingerprint density at radius 2 is 1.84 bits per heavy atom. The number of hydrogen-bond acceptors (Lipinski definition) is 3. The number of alkyl halides is 3. The van der Waals surface area contributed by atoms with Gasteiger partial charge in [0.2, 0.25) is 0 Å². The number of rotatable bonds is 4. The minimum absolute atomic E-state index is 0.0663. The molecule has 164 valence electrons. The minimum atomic E-state index is -4.48. The Labute approximate surface area is 178 Å². The topological polar surface area (TPSA) is 49.6 Å². The molecular formula is C23H25F3N4O. The predicted octanol–water partition coefficient (Wildman–Crippen LogP) is 4.84. The van der Waals surface area contributed by atoms with E-state index in [9.17, 15) is 18.0 Å². The number of fused-ring (bicyclic) bond motifs is 1. The zero-order valence-electron chi connectivity index (χ0n) is 17.5. The molecule has 0 spiro atoms. The molecule has 1 saturated carbocycles. The lowest BCUT2D eigenvalue weighted by molar-refractivity contribution is -0.140. The predicted molar refractivity (Wildman–Crippen MR) is 113 cm³/mol. The van der Waals surface area contributed by atoms with Gasteiger partial charge in [0.15, 0.2) is 5.69 Å². The number of amides is 1. The smallest absolute Gasteiger partial charge is 0.358 e. The van der Waals surface area contributed by atoms with E-state index in [0.29, 0.717) is 11.4 Å². The van der Waals surface area contributed by atoms with Gasteiger partial charge in [-0.1, -0.05) is 23.8 Å². The summed E-state index contributed by atoms with van der Waals surface area (Å²) >= 11 is 0. The summed E-state index contributed by atoms with van der Waals surface area (Å²) < 4.78 is 40.7. The molecule has 8 heteroatoms. The number of hydrogen-bond donors (Lipinski definition) is 1. The van der Waals surface area contributed by atoms with Gasteiger partial charge in [0, 0.05) is 30.9 Å². The maximum Gasteiger partial charge on any atom is 0.434 e. The molecule has 5 nitrogen and oxygen atoms in total. The summed E-state index contributed by atoms with van der Waals surface area (Å²) in [6.07, 6.45) is -0.107. The lowest BCUT2D eigenvalue weighted by Crippen LogP contribution is -2.43. The van der Waals surface area contributed by atoms with Crippen molar-refractivity contribution >= 4 is 17.4 Å². The average molecular weight is 430 g/mol. The lowest BCUT2D eigenvalue weighted by atomic mass is 9.90. The average Bonchev–Trinajstić information content (AvgIpc) is 3.19. The molecule has 0 atom stereocenters. The summed E-state index contributed by atoms with van der Waals surface area (Å²) in [6.45, 7) is 1.95. The first kappa shape index (κ1) is 21.2. The van der Waals surface area contributed by atoms with Crippen molar-refractivity contribution in [2.24, 2.45) is 0 Å². The summed E-state index contributed by atoms with van der Waals surface area (Å²) in [5, 5.41) is 3.11. The molecule has 0 unspecified atom stereocenters. The Balaban J connectivity index is 1.42. The molecule has 1 aromatic carbocycles. The number of benzene rings is 1. The SMILES string of the molecule is Cc1cccc(C(=O)N[C@H]2CC[C@@H](N(C)c3cccc4nc(C(F)(F)F)cn34)CC2)c1. The molecule has 2 aromatic heterocycles. The summed E-state index contributed by atoms with van der Waals surface area (Å²) in [4.78, 5) is 18.2. The quantitative estimate of drug-likeness (QED) is 0.645. The highest BCUT2D eigenvalue weighted by Gasteiger charge is 2.34. The summed E-state index contributed by atoms with van der Waals surface area (Å²) in [5.41, 5.74) is 1.08. The fourth-order valence-electron chi connectivity index (χ4n) is 4.27. The monoisotopic (exact) mass is 430 g/mol. The summed E-state index contributed by atoms with van der Waals surface area (Å²) in [5.74, 6) is 0.608. The van der Waals surface area contributed by atoms with Crippen molar-refractivity contribution in [2.75, 3.05) is 11.9 Å². The number of imidazole rings is 1. The molecule has 1 aliphatic carbocycles. The van der Waals surface area contributed by atoms with Gasteiger partial charge >= 0.3 is 6.18 Å². The van der Waals surface area contributed by atoms with Crippen molar-refractivity contribution in [3.63, 3.8) is 0 Å². The number of nitrogens with one attached hydrogen (secondary N) is 1. The van der Waals surface area contributed by atoms with Crippen LogP contribution >= 0.6 is 0 Å². The second-order valence-corrected chi connectivity index (χ2v) is 8.20. The molecular weight excluding hydrogens is 405 g/mol. The van der Waals surface area contributed by atoms with Gasteiger partial charge in [-0.2, -0.15) is 13.2 Å². The highest BCUT2D eigenvalue weighted by Crippen LogP contribution is 2.31. The molecule has 4 rings (SSSR count). The second kappa shape index (κ2) is 8.24. The van der Waals surface area contributed by atoms with Crippen LogP contribution in [0.5, 0.6) is 0 Å². The fraction of sp³-hybridized carbons (Fsp3) is 0.391. The van der Waals surface area contributed by atoms with E-state index in [1.54, 1.807) is 18.2 Å². The second-order valence-electron chi connectivity index (χ2n) is 8.20. The summed E-state index contributed by atoms with van der Waals surface area (Å²) in [6, 6.07) is 12.9. The van der Waals surface area contributed by atoms with Crippen molar-refractivity contribution in [1.82, 2.24) is 14.7 Å². The minimum Gasteiger partial charge on any atom is -0.358 e. The number of aromatic nitrogens is 2. The van der Waals surface area contributed by atoms with Crippen LogP contribution in [-0.4, -0.2) is 34.4 Å². The van der Waals surface area contributed by atoms with Gasteiger partial charge in [-0.25, -0.2) is 4.98 Å². The third kappa shape index (κ3) is 4.52. The Morgan fingerprint density at radius 1 is 1.13 bits per heavy atom. The van der Waals surface area contributed by atoms with Crippen LogP contribution < -0.4 is 10.2 Å². The van der Waals surface area contributed by atoms with E-state index in [4.69, 9.17) is 0 Å². The molecule has 0 aliphatic heterocycles. The maximum absolute atomic E-state index is 13.1. The Kier molecular flexibility index (Phi) is 5.64. The van der Waals surface area contributed by atoms with E-state index < -0.39 is 11.9 Å². The molecule has 0 radical (unpaired) electrons. The number of pyridine rings is 1. The maximum atomic E-state index is 13.1. The van der Waals surface area contributed by atoms with Crippen molar-refractivity contribution in [1.29, 1.82) is 0 Å². The molecule has 3 aromatic rings. The van der Waals surface area contributed by atoms with Crippen LogP contribution in [0.4, 0.5) is 19.0 Å². The van der Waals surface area contributed by atoms with E-state index in [0.717, 1.165) is 37.4 Å². The molecule has 1 amide bonds. The molecule has 1 N–H and O–H groups in total. The molecule has 31 heavy (non-hydrogen) atoms. The molecule has 1 fully saturated rings. The van der Waals surface area contributed by atoms with Gasteiger partial charge in [-0.15, -0.1) is 0 Å². The third-order valence-corrected chi connectivity index (χ3v) is 5.98. The molecule has 2 heterocycles. The van der Waals surface area contributed by atoms with E-state index in [2.05, 4.69) is 10.3 Å². The van der Waals surface area contributed by atoms with Crippen molar-refractivity contribution in [3.05, 3.63) is 65.5 Å². The number of nitrogens with zero attached hydrogens (tertiary/aromatic N) is 3. The fourth-order valence-corrected chi connectivity index (χ4v) is 4.27. The van der Waals surface area contributed by atoms with Gasteiger partial charge in [0.25, 0.3) is 5.91 Å². The first-order valence-corrected chi connectivity index (χ1v) is 10.4. The largest absolute Gasteiger partial charge is 0.434 e. The lowest BCUT2D eigenvalue weighted by Gasteiger charge is -2.36. The third-order valence-electron chi connectivity index (χ3n) is 5.98. The first-order chi connectivity index (χ1) is 14.7. The molecule has 1 aliphatic rings. The van der Waals surface area contributed by atoms with Gasteiger partial charge in [0.1, 0.15) is 11.5 Å².